The summed E-state index contributed by atoms with van der Waals surface area (Å²) in [4.78, 5) is 15.4. The number of aryl methyl sites for hydroxylation is 1. The van der Waals surface area contributed by atoms with Crippen molar-refractivity contribution in [2.24, 2.45) is 5.92 Å². The van der Waals surface area contributed by atoms with Crippen molar-refractivity contribution in [2.45, 2.75) is 32.2 Å². The second kappa shape index (κ2) is 6.66. The van der Waals surface area contributed by atoms with Crippen LogP contribution in [0.5, 0.6) is 0 Å². The lowest BCUT2D eigenvalue weighted by molar-refractivity contribution is 0.0592. The maximum Gasteiger partial charge on any atom is 0.281 e. The minimum atomic E-state index is -3.46. The first-order valence-corrected chi connectivity index (χ1v) is 10.3. The number of hydrogen-bond donors (Lipinski definition) is 0. The largest absolute Gasteiger partial charge is 0.333 e. The zero-order valence-electron chi connectivity index (χ0n) is 14.2. The Morgan fingerprint density at radius 3 is 2.71 bits per heavy atom. The van der Waals surface area contributed by atoms with Gasteiger partial charge in [-0.3, -0.25) is 4.79 Å². The molecule has 0 saturated carbocycles. The fraction of sp³-hybridized carbons (Fsp3) is 0.786. The predicted molar refractivity (Wildman–Crippen MR) is 91.0 cm³/mol. The van der Waals surface area contributed by atoms with Crippen molar-refractivity contribution in [3.63, 3.8) is 0 Å². The van der Waals surface area contributed by atoms with Crippen LogP contribution in [-0.2, 0) is 16.6 Å². The average Bonchev–Trinajstić information content (AvgIpc) is 2.83. The van der Waals surface area contributed by atoms with Crippen molar-refractivity contribution in [3.05, 3.63) is 10.6 Å². The van der Waals surface area contributed by atoms with Crippen molar-refractivity contribution in [3.8, 4) is 0 Å². The van der Waals surface area contributed by atoms with Gasteiger partial charge in [0, 0.05) is 39.8 Å². The molecular formula is C14H23N5O3S2. The molecule has 0 aromatic carbocycles. The average molecular weight is 374 g/mol. The monoisotopic (exact) mass is 373 g/mol. The van der Waals surface area contributed by atoms with Crippen molar-refractivity contribution in [1.82, 2.24) is 23.1 Å². The molecule has 134 valence electrons. The molecule has 0 N–H and O–H groups in total. The standard InChI is InChI=1S/C14H23N5O3S2/c1-4-12-13(23-16-15-12)14(20)19-8-10-5-6-11(19)9-18(7-10)24(21,22)17(2)3/h10-11H,4-9H2,1-3H3/t10-,11+/m0/s1. The van der Waals surface area contributed by atoms with E-state index in [-0.39, 0.29) is 17.9 Å². The molecule has 0 spiro atoms. The van der Waals surface area contributed by atoms with Crippen LogP contribution in [0.25, 0.3) is 0 Å². The second-order valence-electron chi connectivity index (χ2n) is 6.56. The first kappa shape index (κ1) is 17.7. The van der Waals surface area contributed by atoms with Gasteiger partial charge in [0.05, 0.1) is 5.69 Å². The molecule has 3 saturated heterocycles. The summed E-state index contributed by atoms with van der Waals surface area (Å²) >= 11 is 1.13. The fourth-order valence-corrected chi connectivity index (χ4v) is 5.37. The molecule has 4 heterocycles. The van der Waals surface area contributed by atoms with Gasteiger partial charge in [-0.1, -0.05) is 11.4 Å². The fourth-order valence-electron chi connectivity index (χ4n) is 3.44. The van der Waals surface area contributed by atoms with E-state index in [4.69, 9.17) is 0 Å². The summed E-state index contributed by atoms with van der Waals surface area (Å²) in [5, 5.41) is 4.02. The Morgan fingerprint density at radius 1 is 1.29 bits per heavy atom. The van der Waals surface area contributed by atoms with E-state index < -0.39 is 10.2 Å². The second-order valence-corrected chi connectivity index (χ2v) is 9.46. The van der Waals surface area contributed by atoms with Crippen LogP contribution >= 0.6 is 11.5 Å². The maximum atomic E-state index is 13.0. The molecule has 2 bridgehead atoms. The van der Waals surface area contributed by atoms with Crippen LogP contribution < -0.4 is 0 Å². The van der Waals surface area contributed by atoms with E-state index in [2.05, 4.69) is 9.59 Å². The van der Waals surface area contributed by atoms with E-state index in [1.54, 1.807) is 14.1 Å². The smallest absolute Gasteiger partial charge is 0.281 e. The molecule has 4 rings (SSSR count). The van der Waals surface area contributed by atoms with Gasteiger partial charge in [0.2, 0.25) is 0 Å². The highest BCUT2D eigenvalue weighted by Gasteiger charge is 2.42. The van der Waals surface area contributed by atoms with E-state index in [0.717, 1.165) is 30.1 Å². The number of fused-ring (bicyclic) bond motifs is 4. The molecule has 1 aromatic heterocycles. The SMILES string of the molecule is CCc1nnsc1C(=O)N1C[C@H]2CC[C@@H]1CN(S(=O)(=O)N(C)C)C2. The molecule has 1 amide bonds. The minimum absolute atomic E-state index is 0.0550. The highest BCUT2D eigenvalue weighted by molar-refractivity contribution is 7.86. The lowest BCUT2D eigenvalue weighted by Crippen LogP contribution is -2.48. The zero-order chi connectivity index (χ0) is 17.5. The number of nitrogens with zero attached hydrogens (tertiary/aromatic N) is 5. The number of carbonyl (C=O) groups excluding carboxylic acids is 1. The highest BCUT2D eigenvalue weighted by atomic mass is 32.2. The van der Waals surface area contributed by atoms with Gasteiger partial charge in [0.25, 0.3) is 16.1 Å². The van der Waals surface area contributed by atoms with Crippen LogP contribution in [0.3, 0.4) is 0 Å². The molecule has 0 radical (unpaired) electrons. The predicted octanol–water partition coefficient (Wildman–Crippen LogP) is 0.443. The molecule has 0 aliphatic carbocycles. The third-order valence-corrected chi connectivity index (χ3v) is 7.44. The molecule has 24 heavy (non-hydrogen) atoms. The minimum Gasteiger partial charge on any atom is -0.333 e. The molecule has 2 atom stereocenters. The van der Waals surface area contributed by atoms with Gasteiger partial charge in [0.15, 0.2) is 0 Å². The lowest BCUT2D eigenvalue weighted by Gasteiger charge is -2.35. The third kappa shape index (κ3) is 3.07. The van der Waals surface area contributed by atoms with E-state index in [9.17, 15) is 13.2 Å². The van der Waals surface area contributed by atoms with Crippen molar-refractivity contribution < 1.29 is 13.2 Å². The Morgan fingerprint density at radius 2 is 2.04 bits per heavy atom. The number of aromatic nitrogens is 2. The van der Waals surface area contributed by atoms with Crippen molar-refractivity contribution in [1.29, 1.82) is 0 Å². The van der Waals surface area contributed by atoms with E-state index in [1.165, 1.54) is 8.61 Å². The normalized spacial score (nSPS) is 25.2. The molecule has 8 nitrogen and oxygen atoms in total. The quantitative estimate of drug-likeness (QED) is 0.764. The Labute approximate surface area is 146 Å². The summed E-state index contributed by atoms with van der Waals surface area (Å²) in [6.07, 6.45) is 2.46. The molecular weight excluding hydrogens is 350 g/mol. The van der Waals surface area contributed by atoms with E-state index in [1.807, 2.05) is 11.8 Å². The maximum absolute atomic E-state index is 13.0. The molecule has 0 unspecified atom stereocenters. The first-order valence-electron chi connectivity index (χ1n) is 8.14. The number of hydrogen-bond acceptors (Lipinski definition) is 6. The number of carbonyl (C=O) groups is 1. The van der Waals surface area contributed by atoms with Crippen molar-refractivity contribution in [2.75, 3.05) is 33.7 Å². The van der Waals surface area contributed by atoms with Crippen molar-refractivity contribution >= 4 is 27.6 Å². The molecule has 3 fully saturated rings. The van der Waals surface area contributed by atoms with E-state index >= 15 is 0 Å². The summed E-state index contributed by atoms with van der Waals surface area (Å²) in [5.41, 5.74) is 0.725. The molecule has 1 aromatic rings. The van der Waals surface area contributed by atoms with Gasteiger partial charge >= 0.3 is 0 Å². The molecule has 3 aliphatic rings. The molecule has 10 heteroatoms. The summed E-state index contributed by atoms with van der Waals surface area (Å²) < 4.78 is 31.7. The Hall–Kier alpha value is -1.10. The first-order chi connectivity index (χ1) is 11.3. The summed E-state index contributed by atoms with van der Waals surface area (Å²) in [5.74, 6) is 0.119. The van der Waals surface area contributed by atoms with Crippen LogP contribution in [0.15, 0.2) is 0 Å². The summed E-state index contributed by atoms with van der Waals surface area (Å²) in [6.45, 7) is 3.39. The summed E-state index contributed by atoms with van der Waals surface area (Å²) in [7, 11) is -0.372. The van der Waals surface area contributed by atoms with Gasteiger partial charge in [0.1, 0.15) is 4.88 Å². The van der Waals surface area contributed by atoms with Crippen LogP contribution in [0.4, 0.5) is 0 Å². The lowest BCUT2D eigenvalue weighted by atomic mass is 9.95. The summed E-state index contributed by atoms with van der Waals surface area (Å²) in [6, 6.07) is -0.0854. The third-order valence-electron chi connectivity index (χ3n) is 4.81. The Balaban J connectivity index is 1.85. The highest BCUT2D eigenvalue weighted by Crippen LogP contribution is 2.31. The van der Waals surface area contributed by atoms with Crippen LogP contribution in [-0.4, -0.2) is 77.2 Å². The van der Waals surface area contributed by atoms with Crippen LogP contribution in [0.2, 0.25) is 0 Å². The topological polar surface area (TPSA) is 86.7 Å². The van der Waals surface area contributed by atoms with Crippen LogP contribution in [0, 0.1) is 5.92 Å². The number of amides is 1. The van der Waals surface area contributed by atoms with E-state index in [0.29, 0.717) is 30.9 Å². The number of rotatable bonds is 4. The van der Waals surface area contributed by atoms with Gasteiger partial charge < -0.3 is 4.90 Å². The van der Waals surface area contributed by atoms with Gasteiger partial charge in [-0.05, 0) is 36.7 Å². The van der Waals surface area contributed by atoms with Gasteiger partial charge in [-0.2, -0.15) is 17.0 Å². The van der Waals surface area contributed by atoms with Gasteiger partial charge in [-0.25, -0.2) is 0 Å². The molecule has 3 aliphatic heterocycles. The number of piperidine rings is 1. The van der Waals surface area contributed by atoms with Crippen LogP contribution in [0.1, 0.15) is 35.1 Å². The Kier molecular flexibility index (Phi) is 4.92. The zero-order valence-corrected chi connectivity index (χ0v) is 15.8. The van der Waals surface area contributed by atoms with Gasteiger partial charge in [-0.15, -0.1) is 5.10 Å². The Bertz CT molecular complexity index is 718.